The van der Waals surface area contributed by atoms with Gasteiger partial charge in [-0.2, -0.15) is 0 Å². The van der Waals surface area contributed by atoms with Gasteiger partial charge in [0.25, 0.3) is 0 Å². The molecule has 41 heteroatoms. The summed E-state index contributed by atoms with van der Waals surface area (Å²) >= 11 is 0. The number of nitrogens with zero attached hydrogens (tertiary/aromatic N) is 4. The van der Waals surface area contributed by atoms with Gasteiger partial charge in [0.2, 0.25) is 35.4 Å². The average Bonchev–Trinajstić information content (AvgIpc) is 1.79. The number of hydrogen-bond acceptors (Lipinski definition) is 34. The molecule has 2 heterocycles. The SMILES string of the molecule is CCC(CO)OC(CO)OC.CCC(CO)OC(COC(=O)CCCC(=O)NCC(=O)OC(c1ccccc1)[C@@H](C)NC(=O)[C@H](C)[C@@H](OC)[C@@H]1CCCN1C(=O)C[C@@H](OC)[C@H]([C@@H](C)CC)N(C)C(=O)C(NC(=O)[C@H](C(C)C)N(C)C)C(C)C)OC.CCC(CO)OC(COC(=O)CCCC(=O)NCCSSc1ccccn1)OC.CCC(CO)OC(COC(=O)CCCC(=O)O)OC. The molecule has 3 rings (SSSR count). The van der Waals surface area contributed by atoms with Crippen LogP contribution in [0.5, 0.6) is 0 Å². The van der Waals surface area contributed by atoms with Crippen molar-refractivity contribution in [2.45, 2.75) is 295 Å². The van der Waals surface area contributed by atoms with Crippen LogP contribution in [0.1, 0.15) is 204 Å². The van der Waals surface area contributed by atoms with Crippen LogP contribution in [-0.4, -0.2) is 350 Å². The van der Waals surface area contributed by atoms with E-state index < -0.39 is 134 Å². The van der Waals surface area contributed by atoms with Crippen molar-refractivity contribution in [3.8, 4) is 0 Å². The summed E-state index contributed by atoms with van der Waals surface area (Å²) < 4.78 is 74.6. The number of rotatable bonds is 67. The number of carbonyl (C=O) groups is 11. The van der Waals surface area contributed by atoms with Crippen LogP contribution >= 0.6 is 21.6 Å². The molecule has 766 valence electrons. The van der Waals surface area contributed by atoms with Crippen LogP contribution in [0.15, 0.2) is 59.8 Å². The number of amides is 6. The fourth-order valence-electron chi connectivity index (χ4n) is 13.7. The molecule has 0 saturated carbocycles. The number of carbonyl (C=O) groups excluding carboxylic acids is 10. The molecule has 6 amide bonds. The molecule has 0 bridgehead atoms. The van der Waals surface area contributed by atoms with Gasteiger partial charge in [0.05, 0.1) is 106 Å². The maximum atomic E-state index is 14.5. The number of carboxylic acids is 1. The normalized spacial score (nSPS) is 16.3. The van der Waals surface area contributed by atoms with E-state index in [9.17, 15) is 57.8 Å². The number of methoxy groups -OCH3 is 6. The lowest BCUT2D eigenvalue weighted by atomic mass is 9.89. The second-order valence-corrected chi connectivity index (χ2v) is 35.0. The minimum atomic E-state index is -0.946. The maximum absolute atomic E-state index is 14.5. The number of carboxylic acid groups (broad SMARTS) is 1. The highest BCUT2D eigenvalue weighted by Gasteiger charge is 2.44. The van der Waals surface area contributed by atoms with Gasteiger partial charge < -0.3 is 128 Å². The van der Waals surface area contributed by atoms with Crippen LogP contribution in [0.3, 0.4) is 0 Å². The van der Waals surface area contributed by atoms with E-state index in [-0.39, 0.29) is 170 Å². The number of pyridine rings is 1. The highest BCUT2D eigenvalue weighted by atomic mass is 33.1. The molecular weight excluding hydrogens is 1780 g/mol. The van der Waals surface area contributed by atoms with E-state index >= 15 is 0 Å². The largest absolute Gasteiger partial charge is 0.481 e. The van der Waals surface area contributed by atoms with Gasteiger partial charge in [-0.1, -0.05) is 130 Å². The lowest BCUT2D eigenvalue weighted by Gasteiger charge is -2.41. The van der Waals surface area contributed by atoms with Gasteiger partial charge in [0, 0.05) is 113 Å². The van der Waals surface area contributed by atoms with Crippen molar-refractivity contribution in [2.75, 3.05) is 142 Å². The number of ether oxygens (including phenoxy) is 14. The van der Waals surface area contributed by atoms with Crippen LogP contribution in [0, 0.1) is 23.7 Å². The summed E-state index contributed by atoms with van der Waals surface area (Å²) in [5, 5.41) is 65.5. The van der Waals surface area contributed by atoms with E-state index in [0.717, 1.165) is 10.8 Å². The van der Waals surface area contributed by atoms with Gasteiger partial charge in [-0.25, -0.2) is 4.98 Å². The molecule has 133 heavy (non-hydrogen) atoms. The fraction of sp³-hybridized carbons (Fsp3) is 0.761. The Morgan fingerprint density at radius 2 is 1.01 bits per heavy atom. The average molecular weight is 1940 g/mol. The summed E-state index contributed by atoms with van der Waals surface area (Å²) in [5.74, 6) is -5.13. The van der Waals surface area contributed by atoms with E-state index in [2.05, 4.69) is 26.3 Å². The van der Waals surface area contributed by atoms with Gasteiger partial charge in [-0.05, 0) is 125 Å². The van der Waals surface area contributed by atoms with Crippen molar-refractivity contribution in [2.24, 2.45) is 23.7 Å². The first kappa shape index (κ1) is 126. The second kappa shape index (κ2) is 74.7. The Balaban J connectivity index is 0.00000236. The Kier molecular flexibility index (Phi) is 70.6. The van der Waals surface area contributed by atoms with E-state index in [1.54, 1.807) is 88.8 Å². The molecule has 39 nitrogen and oxygen atoms in total. The van der Waals surface area contributed by atoms with Crippen LogP contribution in [0.4, 0.5) is 0 Å². The second-order valence-electron chi connectivity index (χ2n) is 32.5. The Morgan fingerprint density at radius 3 is 1.41 bits per heavy atom. The lowest BCUT2D eigenvalue weighted by Crippen LogP contribution is -2.59. The zero-order chi connectivity index (χ0) is 101. The predicted octanol–water partition coefficient (Wildman–Crippen LogP) is 6.71. The molecule has 1 saturated heterocycles. The molecular formula is C92H160N8O31S2. The van der Waals surface area contributed by atoms with Gasteiger partial charge in [0.1, 0.15) is 43.5 Å². The van der Waals surface area contributed by atoms with Crippen molar-refractivity contribution in [3.63, 3.8) is 0 Å². The molecule has 0 aliphatic carbocycles. The van der Waals surface area contributed by atoms with Gasteiger partial charge >= 0.3 is 29.8 Å². The Morgan fingerprint density at radius 1 is 0.534 bits per heavy atom. The van der Waals surface area contributed by atoms with E-state index in [1.165, 1.54) is 42.7 Å². The number of aromatic nitrogens is 1. The van der Waals surface area contributed by atoms with Gasteiger partial charge in [0.15, 0.2) is 25.2 Å². The number of hydrogen-bond donors (Lipinski definition) is 10. The molecule has 1 fully saturated rings. The first-order valence-electron chi connectivity index (χ1n) is 45.7. The standard InChI is InChI=1S/C54H92N6O14.C19H30N2O6S2.C12H22O7.C7H16O4/c1-16-35(7)49(59(12)54(68)47(33(3)4)57-53(67)48(34(5)6)58(10)11)41(69-13)29-43(63)60-28-22-25-40(60)50(71-15)36(8)52(66)56-37(9)51(38-23-19-18-20-24-38)74-45(65)30-55-42(62)26-21-27-44(64)72-32-46(70-14)73-39(17-2)31-61;1-3-15(13-22)27-19(25-2)14-26-18(24)9-6-7-16(23)20-11-12-28-29-17-8-4-5-10-21-17;1-3-9(7-13)19-12(17-2)8-18-11(16)6-4-5-10(14)15;1-3-6(4-8)11-7(5-9)10-2/h18-20,23-24,33-37,39-41,46-51,61H,16-17,21-22,25-32H2,1-15H3,(H,55,62)(H,56,66)(H,57,67);4-5,8,10,15,19,22H,3,6-7,9,11-14H2,1-2H3,(H,20,23);9,12-13H,3-8H2,1-2H3,(H,14,15);6-9H,3-5H2,1-2H3/t35-,36+,37+,39?,40-,41+,46?,47?,48-,49-,50+,51?;;;/m0.../s1. The topological polar surface area (TPSA) is 509 Å². The first-order chi connectivity index (χ1) is 63.4. The summed E-state index contributed by atoms with van der Waals surface area (Å²) in [6.45, 7) is 22.2. The predicted molar refractivity (Wildman–Crippen MR) is 498 cm³/mol. The summed E-state index contributed by atoms with van der Waals surface area (Å²) in [4.78, 5) is 149. The number of esters is 4. The maximum Gasteiger partial charge on any atom is 0.326 e. The number of aliphatic hydroxyl groups is 5. The first-order valence-corrected chi connectivity index (χ1v) is 48.1. The third-order valence-corrected chi connectivity index (χ3v) is 23.8. The Hall–Kier alpha value is -7.40. The molecule has 10 N–H and O–H groups in total. The fourth-order valence-corrected chi connectivity index (χ4v) is 15.5. The van der Waals surface area contributed by atoms with E-state index in [0.29, 0.717) is 70.0 Å². The quantitative estimate of drug-likeness (QED) is 0.0108. The van der Waals surface area contributed by atoms with Gasteiger partial charge in [-0.3, -0.25) is 57.6 Å². The third kappa shape index (κ3) is 52.7. The molecule has 2 aromatic rings. The Bertz CT molecular complexity index is 3460. The summed E-state index contributed by atoms with van der Waals surface area (Å²) in [7, 11) is 17.3. The van der Waals surface area contributed by atoms with Crippen molar-refractivity contribution in [1.82, 2.24) is 41.0 Å². The molecule has 18 atom stereocenters. The number of benzene rings is 1. The van der Waals surface area contributed by atoms with Crippen LogP contribution in [0.2, 0.25) is 0 Å². The number of likely N-dealkylation sites (tertiary alicyclic amines) is 1. The highest BCUT2D eigenvalue weighted by molar-refractivity contribution is 8.76. The molecule has 1 aliphatic rings. The molecule has 1 aromatic carbocycles. The lowest BCUT2D eigenvalue weighted by molar-refractivity contribution is -0.194. The smallest absolute Gasteiger partial charge is 0.326 e. The molecule has 10 unspecified atom stereocenters. The monoisotopic (exact) mass is 1940 g/mol. The molecule has 0 spiro atoms. The summed E-state index contributed by atoms with van der Waals surface area (Å²) in [5.41, 5.74) is 0.606. The minimum absolute atomic E-state index is 0.0105. The third-order valence-electron chi connectivity index (χ3n) is 21.6. The van der Waals surface area contributed by atoms with Crippen molar-refractivity contribution >= 4 is 86.9 Å². The highest BCUT2D eigenvalue weighted by Crippen LogP contribution is 2.32. The Labute approximate surface area is 795 Å². The van der Waals surface area contributed by atoms with Crippen LogP contribution in [-0.2, 0) is 119 Å². The zero-order valence-electron chi connectivity index (χ0n) is 82.2. The van der Waals surface area contributed by atoms with Gasteiger partial charge in [-0.15, -0.1) is 0 Å². The number of likely N-dealkylation sites (N-methyl/N-ethyl adjacent to an activating group) is 2. The van der Waals surface area contributed by atoms with E-state index in [1.807, 2.05) is 106 Å². The molecule has 0 radical (unpaired) electrons. The van der Waals surface area contributed by atoms with Crippen LogP contribution < -0.4 is 21.3 Å². The number of aliphatic carboxylic acids is 1. The zero-order valence-corrected chi connectivity index (χ0v) is 83.9. The van der Waals surface area contributed by atoms with Crippen molar-refractivity contribution in [1.29, 1.82) is 0 Å². The van der Waals surface area contributed by atoms with Crippen molar-refractivity contribution < 1.29 is 150 Å². The number of nitrogens with one attached hydrogen (secondary N) is 4. The summed E-state index contributed by atoms with van der Waals surface area (Å²) in [6, 6.07) is 11.7. The minimum Gasteiger partial charge on any atom is -0.481 e. The molecule has 1 aromatic heterocycles. The van der Waals surface area contributed by atoms with E-state index in [4.69, 9.17) is 91.8 Å². The number of aliphatic hydroxyl groups excluding tert-OH is 5. The summed E-state index contributed by atoms with van der Waals surface area (Å²) in [6.07, 6.45) is 0.489. The van der Waals surface area contributed by atoms with Crippen molar-refractivity contribution in [3.05, 3.63) is 60.3 Å². The molecule has 1 aliphatic heterocycles. The van der Waals surface area contributed by atoms with Crippen LogP contribution in [0.25, 0.3) is 0 Å².